The summed E-state index contributed by atoms with van der Waals surface area (Å²) in [6.07, 6.45) is 0. The molecule has 0 aliphatic carbocycles. The molecule has 3 nitrogen and oxygen atoms in total. The van der Waals surface area contributed by atoms with E-state index in [1.54, 1.807) is 18.0 Å². The van der Waals surface area contributed by atoms with Crippen molar-refractivity contribution in [2.24, 2.45) is 0 Å². The molecule has 0 bridgehead atoms. The van der Waals surface area contributed by atoms with Crippen molar-refractivity contribution in [3.05, 3.63) is 64.2 Å². The zero-order chi connectivity index (χ0) is 14.7. The van der Waals surface area contributed by atoms with Gasteiger partial charge < -0.3 is 10.0 Å². The van der Waals surface area contributed by atoms with Crippen LogP contribution in [0.15, 0.2) is 42.5 Å². The van der Waals surface area contributed by atoms with E-state index in [2.05, 4.69) is 0 Å². The SMILES string of the molecule is Cc1ccc(CN(C)C(=O)c2ccc(Cl)cc2O)cc1. The molecule has 0 unspecified atom stereocenters. The van der Waals surface area contributed by atoms with E-state index in [9.17, 15) is 9.90 Å². The molecule has 0 aliphatic heterocycles. The van der Waals surface area contributed by atoms with Crippen LogP contribution >= 0.6 is 11.6 Å². The van der Waals surface area contributed by atoms with Gasteiger partial charge in [0.25, 0.3) is 5.91 Å². The summed E-state index contributed by atoms with van der Waals surface area (Å²) in [5.41, 5.74) is 2.47. The summed E-state index contributed by atoms with van der Waals surface area (Å²) < 4.78 is 0. The van der Waals surface area contributed by atoms with Gasteiger partial charge >= 0.3 is 0 Å². The Balaban J connectivity index is 2.14. The summed E-state index contributed by atoms with van der Waals surface area (Å²) in [4.78, 5) is 13.8. The molecule has 2 rings (SSSR count). The van der Waals surface area contributed by atoms with Gasteiger partial charge in [-0.05, 0) is 30.7 Å². The van der Waals surface area contributed by atoms with Crippen molar-refractivity contribution in [2.75, 3.05) is 7.05 Å². The summed E-state index contributed by atoms with van der Waals surface area (Å²) in [7, 11) is 1.70. The standard InChI is InChI=1S/C16H16ClNO2/c1-11-3-5-12(6-4-11)10-18(2)16(20)14-8-7-13(17)9-15(14)19/h3-9,19H,10H2,1-2H3. The number of carbonyl (C=O) groups is 1. The molecule has 2 aromatic rings. The molecule has 0 saturated heterocycles. The molecule has 0 aromatic heterocycles. The van der Waals surface area contributed by atoms with E-state index in [4.69, 9.17) is 11.6 Å². The average molecular weight is 290 g/mol. The third kappa shape index (κ3) is 3.31. The minimum absolute atomic E-state index is 0.0988. The van der Waals surface area contributed by atoms with E-state index in [1.165, 1.54) is 17.7 Å². The fraction of sp³-hybridized carbons (Fsp3) is 0.188. The number of phenols is 1. The number of nitrogens with zero attached hydrogens (tertiary/aromatic N) is 1. The van der Waals surface area contributed by atoms with Gasteiger partial charge in [0.1, 0.15) is 5.75 Å². The van der Waals surface area contributed by atoms with Crippen molar-refractivity contribution in [3.63, 3.8) is 0 Å². The lowest BCUT2D eigenvalue weighted by molar-refractivity contribution is 0.0782. The molecule has 0 fully saturated rings. The summed E-state index contributed by atoms with van der Waals surface area (Å²) in [5, 5.41) is 10.2. The van der Waals surface area contributed by atoms with Crippen LogP contribution in [0.1, 0.15) is 21.5 Å². The molecule has 104 valence electrons. The predicted octanol–water partition coefficient (Wildman–Crippen LogP) is 3.63. The zero-order valence-electron chi connectivity index (χ0n) is 11.4. The van der Waals surface area contributed by atoms with Gasteiger partial charge in [-0.1, -0.05) is 41.4 Å². The minimum atomic E-state index is -0.236. The summed E-state index contributed by atoms with van der Waals surface area (Å²) in [6, 6.07) is 12.5. The normalized spacial score (nSPS) is 10.3. The highest BCUT2D eigenvalue weighted by molar-refractivity contribution is 6.30. The van der Waals surface area contributed by atoms with Crippen molar-refractivity contribution >= 4 is 17.5 Å². The maximum Gasteiger partial charge on any atom is 0.257 e. The maximum atomic E-state index is 12.3. The lowest BCUT2D eigenvalue weighted by atomic mass is 10.1. The lowest BCUT2D eigenvalue weighted by Crippen LogP contribution is -2.26. The number of hydrogen-bond acceptors (Lipinski definition) is 2. The molecule has 0 radical (unpaired) electrons. The Bertz CT molecular complexity index is 623. The smallest absolute Gasteiger partial charge is 0.257 e. The van der Waals surface area contributed by atoms with Crippen LogP contribution < -0.4 is 0 Å². The van der Waals surface area contributed by atoms with Gasteiger partial charge in [0, 0.05) is 18.6 Å². The predicted molar refractivity (Wildman–Crippen MR) is 80.1 cm³/mol. The number of carbonyl (C=O) groups excluding carboxylic acids is 1. The first-order valence-electron chi connectivity index (χ1n) is 6.27. The van der Waals surface area contributed by atoms with Crippen molar-refractivity contribution in [1.82, 2.24) is 4.90 Å². The van der Waals surface area contributed by atoms with Gasteiger partial charge in [0.05, 0.1) is 5.56 Å². The molecule has 1 amide bonds. The summed E-state index contributed by atoms with van der Waals surface area (Å²) >= 11 is 5.76. The molecule has 0 spiro atoms. The van der Waals surface area contributed by atoms with Crippen LogP contribution in [-0.4, -0.2) is 23.0 Å². The first-order valence-corrected chi connectivity index (χ1v) is 6.64. The van der Waals surface area contributed by atoms with Crippen molar-refractivity contribution < 1.29 is 9.90 Å². The number of aromatic hydroxyl groups is 1. The minimum Gasteiger partial charge on any atom is -0.507 e. The number of halogens is 1. The molecular formula is C16H16ClNO2. The topological polar surface area (TPSA) is 40.5 Å². The van der Waals surface area contributed by atoms with E-state index < -0.39 is 0 Å². The number of amides is 1. The van der Waals surface area contributed by atoms with Gasteiger partial charge in [-0.2, -0.15) is 0 Å². The van der Waals surface area contributed by atoms with Crippen molar-refractivity contribution in [3.8, 4) is 5.75 Å². The van der Waals surface area contributed by atoms with E-state index >= 15 is 0 Å². The van der Waals surface area contributed by atoms with Crippen LogP contribution in [0.3, 0.4) is 0 Å². The Morgan fingerprint density at radius 2 is 1.85 bits per heavy atom. The zero-order valence-corrected chi connectivity index (χ0v) is 12.2. The Hall–Kier alpha value is -2.00. The molecule has 0 saturated carbocycles. The first-order chi connectivity index (χ1) is 9.47. The summed E-state index contributed by atoms with van der Waals surface area (Å²) in [5.74, 6) is -0.335. The summed E-state index contributed by atoms with van der Waals surface area (Å²) in [6.45, 7) is 2.51. The van der Waals surface area contributed by atoms with E-state index in [1.807, 2.05) is 31.2 Å². The van der Waals surface area contributed by atoms with E-state index in [0.29, 0.717) is 11.6 Å². The number of rotatable bonds is 3. The third-order valence-corrected chi connectivity index (χ3v) is 3.31. The van der Waals surface area contributed by atoms with Crippen molar-refractivity contribution in [2.45, 2.75) is 13.5 Å². The quantitative estimate of drug-likeness (QED) is 0.937. The fourth-order valence-electron chi connectivity index (χ4n) is 1.93. The van der Waals surface area contributed by atoms with Crippen LogP contribution in [0.2, 0.25) is 5.02 Å². The Morgan fingerprint density at radius 1 is 1.20 bits per heavy atom. The molecule has 0 atom stereocenters. The highest BCUT2D eigenvalue weighted by Crippen LogP contribution is 2.23. The van der Waals surface area contributed by atoms with Crippen LogP contribution in [0.5, 0.6) is 5.75 Å². The molecule has 0 heterocycles. The average Bonchev–Trinajstić information content (AvgIpc) is 2.40. The Labute approximate surface area is 123 Å². The molecule has 1 N–H and O–H groups in total. The van der Waals surface area contributed by atoms with Crippen LogP contribution in [0, 0.1) is 6.92 Å². The monoisotopic (exact) mass is 289 g/mol. The highest BCUT2D eigenvalue weighted by Gasteiger charge is 2.16. The van der Waals surface area contributed by atoms with Crippen molar-refractivity contribution in [1.29, 1.82) is 0 Å². The van der Waals surface area contributed by atoms with E-state index in [-0.39, 0.29) is 17.2 Å². The molecule has 4 heteroatoms. The van der Waals surface area contributed by atoms with Crippen LogP contribution in [0.4, 0.5) is 0 Å². The Kier molecular flexibility index (Phi) is 4.30. The van der Waals surface area contributed by atoms with Gasteiger partial charge in [-0.25, -0.2) is 0 Å². The molecular weight excluding hydrogens is 274 g/mol. The van der Waals surface area contributed by atoms with Crippen LogP contribution in [0.25, 0.3) is 0 Å². The molecule has 2 aromatic carbocycles. The first kappa shape index (κ1) is 14.4. The second kappa shape index (κ2) is 5.97. The fourth-order valence-corrected chi connectivity index (χ4v) is 2.10. The number of aryl methyl sites for hydroxylation is 1. The highest BCUT2D eigenvalue weighted by atomic mass is 35.5. The number of hydrogen-bond donors (Lipinski definition) is 1. The van der Waals surface area contributed by atoms with Gasteiger partial charge in [-0.3, -0.25) is 4.79 Å². The third-order valence-electron chi connectivity index (χ3n) is 3.08. The largest absolute Gasteiger partial charge is 0.507 e. The number of benzene rings is 2. The lowest BCUT2D eigenvalue weighted by Gasteiger charge is -2.18. The molecule has 20 heavy (non-hydrogen) atoms. The second-order valence-corrected chi connectivity index (χ2v) is 5.24. The van der Waals surface area contributed by atoms with Gasteiger partial charge in [0.15, 0.2) is 0 Å². The van der Waals surface area contributed by atoms with E-state index in [0.717, 1.165) is 5.56 Å². The van der Waals surface area contributed by atoms with Gasteiger partial charge in [-0.15, -0.1) is 0 Å². The Morgan fingerprint density at radius 3 is 2.45 bits per heavy atom. The number of phenolic OH excluding ortho intramolecular Hbond substituents is 1. The second-order valence-electron chi connectivity index (χ2n) is 4.81. The maximum absolute atomic E-state index is 12.3. The van der Waals surface area contributed by atoms with Gasteiger partial charge in [0.2, 0.25) is 0 Å². The van der Waals surface area contributed by atoms with Crippen LogP contribution in [-0.2, 0) is 6.54 Å². The molecule has 0 aliphatic rings.